The molecule has 0 atom stereocenters. The van der Waals surface area contributed by atoms with Gasteiger partial charge in [0.2, 0.25) is 0 Å². The molecular formula is C30H19BO2. The number of para-hydroxylation sites is 1. The van der Waals surface area contributed by atoms with E-state index in [4.69, 9.17) is 9.47 Å². The van der Waals surface area contributed by atoms with Gasteiger partial charge < -0.3 is 9.47 Å². The van der Waals surface area contributed by atoms with Crippen molar-refractivity contribution in [1.82, 2.24) is 0 Å². The Morgan fingerprint density at radius 3 is 1.94 bits per heavy atom. The third-order valence-corrected chi connectivity index (χ3v) is 6.62. The van der Waals surface area contributed by atoms with Crippen LogP contribution in [0.4, 0.5) is 0 Å². The Balaban J connectivity index is 1.48. The molecule has 3 heteroatoms. The molecule has 5 aromatic carbocycles. The summed E-state index contributed by atoms with van der Waals surface area (Å²) in [5.41, 5.74) is 8.09. The van der Waals surface area contributed by atoms with E-state index in [-0.39, 0.29) is 6.71 Å². The van der Waals surface area contributed by atoms with Gasteiger partial charge in [-0.3, -0.25) is 0 Å². The lowest BCUT2D eigenvalue weighted by molar-refractivity contribution is 0.465. The highest BCUT2D eigenvalue weighted by Gasteiger charge is 2.40. The fourth-order valence-corrected chi connectivity index (χ4v) is 5.11. The standard InChI is InChI=1S/C30H19BO2/c1-3-9-20(10-4-1)22-17-18-26-25(19-22)31-24-14-7-13-23(21-11-5-2-6-12-21)30(24)33-28-16-8-15-27(32-26)29(28)31/h1-19H. The smallest absolute Gasteiger partial charge is 0.260 e. The maximum Gasteiger partial charge on any atom is 0.260 e. The summed E-state index contributed by atoms with van der Waals surface area (Å²) >= 11 is 0. The Kier molecular flexibility index (Phi) is 3.97. The molecule has 0 unspecified atom stereocenters. The molecule has 0 radical (unpaired) electrons. The van der Waals surface area contributed by atoms with Crippen LogP contribution in [0.1, 0.15) is 0 Å². The van der Waals surface area contributed by atoms with E-state index < -0.39 is 0 Å². The van der Waals surface area contributed by atoms with Gasteiger partial charge in [-0.1, -0.05) is 97.1 Å². The van der Waals surface area contributed by atoms with E-state index in [2.05, 4.69) is 84.9 Å². The molecule has 0 saturated heterocycles. The van der Waals surface area contributed by atoms with E-state index in [0.717, 1.165) is 39.6 Å². The molecule has 0 fully saturated rings. The van der Waals surface area contributed by atoms with Crippen molar-refractivity contribution in [3.63, 3.8) is 0 Å². The summed E-state index contributed by atoms with van der Waals surface area (Å²) < 4.78 is 12.9. The number of benzene rings is 5. The van der Waals surface area contributed by atoms with E-state index in [1.165, 1.54) is 22.1 Å². The van der Waals surface area contributed by atoms with E-state index >= 15 is 0 Å². The van der Waals surface area contributed by atoms with Crippen molar-refractivity contribution in [3.05, 3.63) is 115 Å². The summed E-state index contributed by atoms with van der Waals surface area (Å²) in [6, 6.07) is 40.0. The predicted octanol–water partition coefficient (Wildman–Crippen LogP) is 5.75. The van der Waals surface area contributed by atoms with Crippen LogP contribution in [0.25, 0.3) is 22.3 Å². The minimum atomic E-state index is 0.0519. The summed E-state index contributed by atoms with van der Waals surface area (Å²) in [4.78, 5) is 0. The van der Waals surface area contributed by atoms with Crippen LogP contribution in [-0.4, -0.2) is 6.71 Å². The van der Waals surface area contributed by atoms with Crippen LogP contribution in [-0.2, 0) is 0 Å². The first-order valence-electron chi connectivity index (χ1n) is 11.2. The fraction of sp³-hybridized carbons (Fsp3) is 0. The van der Waals surface area contributed by atoms with Crippen molar-refractivity contribution in [1.29, 1.82) is 0 Å². The average Bonchev–Trinajstić information content (AvgIpc) is 2.89. The van der Waals surface area contributed by atoms with E-state index in [1.54, 1.807) is 0 Å². The van der Waals surface area contributed by atoms with Crippen molar-refractivity contribution in [2.24, 2.45) is 0 Å². The van der Waals surface area contributed by atoms with Crippen molar-refractivity contribution in [3.8, 4) is 45.3 Å². The van der Waals surface area contributed by atoms with E-state index in [1.807, 2.05) is 30.3 Å². The van der Waals surface area contributed by atoms with E-state index in [0.29, 0.717) is 0 Å². The summed E-state index contributed by atoms with van der Waals surface area (Å²) in [5.74, 6) is 3.57. The van der Waals surface area contributed by atoms with Crippen LogP contribution >= 0.6 is 0 Å². The van der Waals surface area contributed by atoms with Gasteiger partial charge in [-0.2, -0.15) is 0 Å². The van der Waals surface area contributed by atoms with Crippen molar-refractivity contribution >= 4 is 23.1 Å². The number of hydrogen-bond donors (Lipinski definition) is 0. The third kappa shape index (κ3) is 2.83. The lowest BCUT2D eigenvalue weighted by Gasteiger charge is -2.34. The maximum atomic E-state index is 6.56. The third-order valence-electron chi connectivity index (χ3n) is 6.62. The number of hydrogen-bond acceptors (Lipinski definition) is 2. The molecule has 0 saturated carbocycles. The molecule has 5 aromatic rings. The van der Waals surface area contributed by atoms with Gasteiger partial charge in [0, 0.05) is 11.0 Å². The number of rotatable bonds is 2. The largest absolute Gasteiger partial charge is 0.458 e. The topological polar surface area (TPSA) is 18.5 Å². The average molecular weight is 422 g/mol. The van der Waals surface area contributed by atoms with Crippen molar-refractivity contribution in [2.45, 2.75) is 0 Å². The maximum absolute atomic E-state index is 6.56. The predicted molar refractivity (Wildman–Crippen MR) is 135 cm³/mol. The van der Waals surface area contributed by atoms with Crippen LogP contribution in [0.3, 0.4) is 0 Å². The van der Waals surface area contributed by atoms with Crippen LogP contribution in [0, 0.1) is 0 Å². The minimum absolute atomic E-state index is 0.0519. The van der Waals surface area contributed by atoms with Crippen LogP contribution in [0.5, 0.6) is 23.0 Å². The highest BCUT2D eigenvalue weighted by molar-refractivity contribution is 6.98. The molecule has 0 spiro atoms. The molecule has 0 amide bonds. The Labute approximate surface area is 193 Å². The molecular weight excluding hydrogens is 403 g/mol. The molecule has 2 nitrogen and oxygen atoms in total. The first-order valence-corrected chi connectivity index (χ1v) is 11.2. The Bertz CT molecular complexity index is 1510. The van der Waals surface area contributed by atoms with Gasteiger partial charge in [-0.05, 0) is 45.8 Å². The monoisotopic (exact) mass is 422 g/mol. The molecule has 2 aliphatic heterocycles. The van der Waals surface area contributed by atoms with Crippen molar-refractivity contribution in [2.75, 3.05) is 0 Å². The molecule has 0 aliphatic carbocycles. The normalized spacial score (nSPS) is 12.7. The summed E-state index contributed by atoms with van der Waals surface area (Å²) in [5, 5.41) is 0. The zero-order valence-electron chi connectivity index (χ0n) is 17.9. The fourth-order valence-electron chi connectivity index (χ4n) is 5.11. The van der Waals surface area contributed by atoms with Gasteiger partial charge in [0.1, 0.15) is 23.0 Å². The molecule has 2 heterocycles. The first-order chi connectivity index (χ1) is 16.4. The Morgan fingerprint density at radius 1 is 0.455 bits per heavy atom. The molecule has 2 aliphatic rings. The Morgan fingerprint density at radius 2 is 1.15 bits per heavy atom. The Hall–Kier alpha value is -4.24. The SMILES string of the molecule is c1ccc(-c2ccc3c(c2)B2c4cccc(-c5ccccc5)c4Oc4cccc(c42)O3)cc1. The molecule has 154 valence electrons. The second kappa shape index (κ2) is 7.14. The quantitative estimate of drug-likeness (QED) is 0.331. The van der Waals surface area contributed by atoms with E-state index in [9.17, 15) is 0 Å². The van der Waals surface area contributed by atoms with Gasteiger partial charge in [-0.15, -0.1) is 0 Å². The highest BCUT2D eigenvalue weighted by Crippen LogP contribution is 2.39. The van der Waals surface area contributed by atoms with Gasteiger partial charge in [-0.25, -0.2) is 0 Å². The molecule has 33 heavy (non-hydrogen) atoms. The van der Waals surface area contributed by atoms with Crippen LogP contribution in [0.15, 0.2) is 115 Å². The zero-order chi connectivity index (χ0) is 21.8. The second-order valence-electron chi connectivity index (χ2n) is 8.51. The van der Waals surface area contributed by atoms with Crippen LogP contribution in [0.2, 0.25) is 0 Å². The molecule has 0 N–H and O–H groups in total. The first kappa shape index (κ1) is 18.3. The lowest BCUT2D eigenvalue weighted by Crippen LogP contribution is -2.57. The molecule has 0 aromatic heterocycles. The molecule has 0 bridgehead atoms. The zero-order valence-corrected chi connectivity index (χ0v) is 17.9. The van der Waals surface area contributed by atoms with Crippen molar-refractivity contribution < 1.29 is 9.47 Å². The lowest BCUT2D eigenvalue weighted by atomic mass is 9.34. The summed E-state index contributed by atoms with van der Waals surface area (Å²) in [6.07, 6.45) is 0. The van der Waals surface area contributed by atoms with Crippen LogP contribution < -0.4 is 25.9 Å². The second-order valence-corrected chi connectivity index (χ2v) is 8.51. The minimum Gasteiger partial charge on any atom is -0.458 e. The number of ether oxygens (including phenoxy) is 2. The number of fused-ring (bicyclic) bond motifs is 4. The summed E-state index contributed by atoms with van der Waals surface area (Å²) in [6.45, 7) is 0.0519. The van der Waals surface area contributed by atoms with Gasteiger partial charge in [0.25, 0.3) is 6.71 Å². The van der Waals surface area contributed by atoms with Gasteiger partial charge >= 0.3 is 0 Å². The summed E-state index contributed by atoms with van der Waals surface area (Å²) in [7, 11) is 0. The van der Waals surface area contributed by atoms with Gasteiger partial charge in [0.15, 0.2) is 0 Å². The highest BCUT2D eigenvalue weighted by atomic mass is 16.5. The van der Waals surface area contributed by atoms with Gasteiger partial charge in [0.05, 0.1) is 0 Å². The molecule has 7 rings (SSSR count).